The average Bonchev–Trinajstić information content (AvgIpc) is 3.75. The number of carbonyl (C=O) groups excluding carboxylic acids is 4. The summed E-state index contributed by atoms with van der Waals surface area (Å²) in [6, 6.07) is -0.427. The third-order valence-electron chi connectivity index (χ3n) is 15.4. The van der Waals surface area contributed by atoms with Crippen LogP contribution in [0.15, 0.2) is 0 Å². The summed E-state index contributed by atoms with van der Waals surface area (Å²) in [7, 11) is 0. The van der Waals surface area contributed by atoms with Crippen LogP contribution in [0.25, 0.3) is 0 Å². The molecule has 0 N–H and O–H groups in total. The molecule has 2 fully saturated rings. The Morgan fingerprint density at radius 3 is 1.57 bits per heavy atom. The minimum absolute atomic E-state index is 0.112. The van der Waals surface area contributed by atoms with Crippen molar-refractivity contribution in [3.63, 3.8) is 0 Å². The summed E-state index contributed by atoms with van der Waals surface area (Å²) in [6.45, 7) is 14.0. The van der Waals surface area contributed by atoms with Gasteiger partial charge in [-0.05, 0) is 82.8 Å². The van der Waals surface area contributed by atoms with E-state index in [1.165, 1.54) is 161 Å². The van der Waals surface area contributed by atoms with Gasteiger partial charge in [0.15, 0.2) is 0 Å². The number of Topliss-reactive ketones (excluding diaryl/α,β-unsaturated/α-hetero) is 1. The lowest BCUT2D eigenvalue weighted by Crippen LogP contribution is -2.38. The minimum Gasteiger partial charge on any atom is -0.466 e. The molecule has 0 bridgehead atoms. The third-order valence-corrected chi connectivity index (χ3v) is 15.4. The van der Waals surface area contributed by atoms with E-state index in [9.17, 15) is 19.2 Å². The maximum atomic E-state index is 13.5. The van der Waals surface area contributed by atoms with E-state index in [0.717, 1.165) is 103 Å². The van der Waals surface area contributed by atoms with Crippen LogP contribution in [-0.2, 0) is 33.4 Å². The number of hydrogen-bond donors (Lipinski definition) is 0. The highest BCUT2D eigenvalue weighted by atomic mass is 16.6. The number of nitrogens with zero attached hydrogens (tertiary/aromatic N) is 2. The number of ketones is 1. The Morgan fingerprint density at radius 1 is 0.478 bits per heavy atom. The highest BCUT2D eigenvalue weighted by molar-refractivity contribution is 5.78. The van der Waals surface area contributed by atoms with E-state index in [1.54, 1.807) is 0 Å². The summed E-state index contributed by atoms with van der Waals surface area (Å²) in [5.74, 6) is 1.45. The van der Waals surface area contributed by atoms with E-state index < -0.39 is 6.04 Å². The Bertz CT molecular complexity index is 1220. The minimum atomic E-state index is -0.427. The van der Waals surface area contributed by atoms with Gasteiger partial charge >= 0.3 is 17.9 Å². The van der Waals surface area contributed by atoms with Crippen molar-refractivity contribution < 1.29 is 33.4 Å². The normalized spacial score (nSPS) is 16.9. The van der Waals surface area contributed by atoms with Crippen molar-refractivity contribution in [3.8, 4) is 0 Å². The van der Waals surface area contributed by atoms with Gasteiger partial charge in [-0.15, -0.1) is 0 Å². The van der Waals surface area contributed by atoms with Gasteiger partial charge in [0.1, 0.15) is 17.9 Å². The third kappa shape index (κ3) is 34.9. The van der Waals surface area contributed by atoms with Crippen LogP contribution >= 0.6 is 0 Å². The van der Waals surface area contributed by atoms with Gasteiger partial charge < -0.3 is 19.1 Å². The molecule has 2 saturated heterocycles. The van der Waals surface area contributed by atoms with E-state index in [2.05, 4.69) is 37.5 Å². The molecule has 0 aliphatic carbocycles. The Kier molecular flexibility index (Phi) is 40.9. The summed E-state index contributed by atoms with van der Waals surface area (Å²) in [6.07, 6.45) is 45.6. The second-order valence-corrected chi connectivity index (χ2v) is 21.8. The molecule has 0 aromatic heterocycles. The lowest BCUT2D eigenvalue weighted by Gasteiger charge is -2.31. The molecule has 9 nitrogen and oxygen atoms in total. The predicted octanol–water partition coefficient (Wildman–Crippen LogP) is 15.9. The number of carbonyl (C=O) groups is 4. The Hall–Kier alpha value is -2.00. The molecule has 2 aliphatic rings. The molecule has 0 spiro atoms. The molecule has 2 heterocycles. The lowest BCUT2D eigenvalue weighted by molar-refractivity contribution is -0.151. The number of hydrogen-bond acceptors (Lipinski definition) is 9. The largest absolute Gasteiger partial charge is 0.466 e. The molecule has 2 aliphatic heterocycles. The van der Waals surface area contributed by atoms with Crippen molar-refractivity contribution >= 4 is 23.7 Å². The molecule has 2 atom stereocenters. The van der Waals surface area contributed by atoms with Gasteiger partial charge in [-0.3, -0.25) is 24.1 Å². The summed E-state index contributed by atoms with van der Waals surface area (Å²) in [4.78, 5) is 56.4. The zero-order chi connectivity index (χ0) is 49.8. The van der Waals surface area contributed by atoms with Crippen molar-refractivity contribution in [2.75, 3.05) is 45.9 Å². The smallest absolute Gasteiger partial charge is 0.323 e. The number of ether oxygens (including phenoxy) is 3. The van der Waals surface area contributed by atoms with Crippen molar-refractivity contribution in [2.24, 2.45) is 11.8 Å². The Balaban J connectivity index is 1.70. The van der Waals surface area contributed by atoms with Crippen LogP contribution in [0.4, 0.5) is 0 Å². The molecule has 2 rings (SSSR count). The number of esters is 3. The topological polar surface area (TPSA) is 102 Å². The van der Waals surface area contributed by atoms with Gasteiger partial charge in [0.25, 0.3) is 0 Å². The van der Waals surface area contributed by atoms with Gasteiger partial charge in [-0.1, -0.05) is 207 Å². The summed E-state index contributed by atoms with van der Waals surface area (Å²) in [5.41, 5.74) is 0. The van der Waals surface area contributed by atoms with E-state index >= 15 is 0 Å². The van der Waals surface area contributed by atoms with Crippen molar-refractivity contribution in [2.45, 2.75) is 303 Å². The molecule has 0 saturated carbocycles. The van der Waals surface area contributed by atoms with E-state index in [1.807, 2.05) is 0 Å². The summed E-state index contributed by atoms with van der Waals surface area (Å²) >= 11 is 0. The van der Waals surface area contributed by atoms with Crippen LogP contribution in [0.2, 0.25) is 0 Å². The standard InChI is InChI=1S/C60H112N2O7/c1-5-9-12-15-18-19-20-25-33-49-67-58(64)39-31-27-32-45-62-52-56(69-59(65)44-48-61-46-42-53(35-8-4)43-47-61)51-57(62)60(66)68-50-34-26-21-24-30-38-55(63)41-40-54(36-28-22-16-13-10-6-2)37-29-23-17-14-11-7-3/h53-54,56-57H,5-52H2,1-4H3/t56-,57-/m0/s1. The maximum Gasteiger partial charge on any atom is 0.323 e. The number of unbranched alkanes of at least 4 members (excludes halogenated alkanes) is 24. The fraction of sp³-hybridized carbons (Fsp3) is 0.933. The molecule has 0 aromatic carbocycles. The second-order valence-electron chi connectivity index (χ2n) is 21.8. The first-order valence-corrected chi connectivity index (χ1v) is 30.3. The quantitative estimate of drug-likeness (QED) is 0.0335. The van der Waals surface area contributed by atoms with E-state index in [-0.39, 0.29) is 24.0 Å². The zero-order valence-electron chi connectivity index (χ0n) is 46.0. The van der Waals surface area contributed by atoms with Crippen LogP contribution in [0.3, 0.4) is 0 Å². The van der Waals surface area contributed by atoms with Gasteiger partial charge in [-0.25, -0.2) is 0 Å². The van der Waals surface area contributed by atoms with Gasteiger partial charge in [0, 0.05) is 38.8 Å². The number of piperidine rings is 1. The molecule has 0 aromatic rings. The van der Waals surface area contributed by atoms with Gasteiger partial charge in [0.2, 0.25) is 0 Å². The highest BCUT2D eigenvalue weighted by Crippen LogP contribution is 2.27. The zero-order valence-corrected chi connectivity index (χ0v) is 46.0. The Labute approximate surface area is 426 Å². The SMILES string of the molecule is CCCCCCCCCCCOC(=O)CCCCCN1C[C@@H](OC(=O)CCN2CCC(CCC)CC2)C[C@H]1C(=O)OCCCCCCCC(=O)CCC(CCCCCCCC)CCCCCCCC. The molecule has 0 amide bonds. The molecule has 9 heteroatoms. The van der Waals surface area contributed by atoms with Crippen LogP contribution < -0.4 is 0 Å². The second kappa shape index (κ2) is 44.7. The number of rotatable bonds is 48. The first-order chi connectivity index (χ1) is 33.8. The fourth-order valence-electron chi connectivity index (χ4n) is 10.8. The summed E-state index contributed by atoms with van der Waals surface area (Å²) in [5, 5.41) is 0. The maximum absolute atomic E-state index is 13.5. The summed E-state index contributed by atoms with van der Waals surface area (Å²) < 4.78 is 17.4. The van der Waals surface area contributed by atoms with Crippen molar-refractivity contribution in [1.29, 1.82) is 0 Å². The van der Waals surface area contributed by atoms with Crippen LogP contribution in [0.5, 0.6) is 0 Å². The molecular formula is C60H112N2O7. The highest BCUT2D eigenvalue weighted by Gasteiger charge is 2.39. The van der Waals surface area contributed by atoms with Crippen molar-refractivity contribution in [1.82, 2.24) is 9.80 Å². The molecule has 0 radical (unpaired) electrons. The van der Waals surface area contributed by atoms with Crippen LogP contribution in [0.1, 0.15) is 291 Å². The average molecular weight is 974 g/mol. The van der Waals surface area contributed by atoms with Crippen molar-refractivity contribution in [3.05, 3.63) is 0 Å². The Morgan fingerprint density at radius 2 is 0.986 bits per heavy atom. The van der Waals surface area contributed by atoms with E-state index in [0.29, 0.717) is 63.7 Å². The fourth-order valence-corrected chi connectivity index (χ4v) is 10.8. The van der Waals surface area contributed by atoms with E-state index in [4.69, 9.17) is 14.2 Å². The number of likely N-dealkylation sites (tertiary alicyclic amines) is 2. The first-order valence-electron chi connectivity index (χ1n) is 30.3. The van der Waals surface area contributed by atoms with Crippen LogP contribution in [0, 0.1) is 11.8 Å². The molecule has 0 unspecified atom stereocenters. The lowest BCUT2D eigenvalue weighted by atomic mass is 9.89. The van der Waals surface area contributed by atoms with Crippen LogP contribution in [-0.4, -0.2) is 91.6 Å². The van der Waals surface area contributed by atoms with Gasteiger partial charge in [-0.2, -0.15) is 0 Å². The molecular weight excluding hydrogens is 861 g/mol. The predicted molar refractivity (Wildman–Crippen MR) is 288 cm³/mol. The molecule has 69 heavy (non-hydrogen) atoms. The van der Waals surface area contributed by atoms with Gasteiger partial charge in [0.05, 0.1) is 19.6 Å². The monoisotopic (exact) mass is 973 g/mol. The molecule has 404 valence electrons. The first kappa shape index (κ1) is 63.1.